The van der Waals surface area contributed by atoms with Gasteiger partial charge in [-0.05, 0) is 74.2 Å². The Morgan fingerprint density at radius 1 is 1.14 bits per heavy atom. The predicted octanol–water partition coefficient (Wildman–Crippen LogP) is 4.47. The number of nitrogens with one attached hydrogen (secondary N) is 1. The van der Waals surface area contributed by atoms with Gasteiger partial charge in [0.15, 0.2) is 0 Å². The van der Waals surface area contributed by atoms with Crippen LogP contribution in [-0.2, 0) is 11.2 Å². The van der Waals surface area contributed by atoms with Gasteiger partial charge in [-0.1, -0.05) is 42.1 Å². The van der Waals surface area contributed by atoms with E-state index in [0.29, 0.717) is 28.7 Å². The molecule has 0 aliphatic heterocycles. The molecule has 0 saturated heterocycles. The molecule has 1 aromatic heterocycles. The van der Waals surface area contributed by atoms with Crippen LogP contribution in [0, 0.1) is 23.2 Å². The molecule has 154 valence electrons. The van der Waals surface area contributed by atoms with Crippen molar-refractivity contribution in [3.8, 4) is 0 Å². The van der Waals surface area contributed by atoms with E-state index in [4.69, 9.17) is 4.42 Å². The first kappa shape index (κ1) is 19.2. The summed E-state index contributed by atoms with van der Waals surface area (Å²) in [6.07, 6.45) is 8.82. The van der Waals surface area contributed by atoms with E-state index in [0.717, 1.165) is 23.3 Å². The lowest BCUT2D eigenvalue weighted by atomic mass is 9.48. The summed E-state index contributed by atoms with van der Waals surface area (Å²) in [7, 11) is 0. The van der Waals surface area contributed by atoms with Crippen LogP contribution in [0.5, 0.6) is 0 Å². The topological polar surface area (TPSA) is 68.0 Å². The third-order valence-electron chi connectivity index (χ3n) is 7.35. The average molecular weight is 412 g/mol. The molecule has 4 aliphatic rings. The maximum absolute atomic E-state index is 12.6. The van der Waals surface area contributed by atoms with Gasteiger partial charge in [-0.25, -0.2) is 0 Å². The first-order chi connectivity index (χ1) is 14.1. The van der Waals surface area contributed by atoms with Crippen LogP contribution in [0.4, 0.5) is 0 Å². The summed E-state index contributed by atoms with van der Waals surface area (Å²) < 4.78 is 5.70. The summed E-state index contributed by atoms with van der Waals surface area (Å²) in [5.41, 5.74) is 1.47. The Kier molecular flexibility index (Phi) is 5.14. The summed E-state index contributed by atoms with van der Waals surface area (Å²) in [6, 6.07) is 10.3. The molecule has 2 aromatic rings. The molecule has 1 heterocycles. The van der Waals surface area contributed by atoms with Crippen LogP contribution in [0.3, 0.4) is 0 Å². The second kappa shape index (κ2) is 7.78. The van der Waals surface area contributed by atoms with Gasteiger partial charge in [0.1, 0.15) is 0 Å². The molecule has 6 heteroatoms. The average Bonchev–Trinajstić information content (AvgIpc) is 3.13. The molecule has 0 spiro atoms. The van der Waals surface area contributed by atoms with Crippen LogP contribution in [0.2, 0.25) is 0 Å². The van der Waals surface area contributed by atoms with Gasteiger partial charge in [0.25, 0.3) is 5.22 Å². The SMILES string of the molecule is C[C@H](NC(=O)CSc1nnc(Cc2ccccc2)o1)C12CC3CC(CC(C3)C1)C2. The first-order valence-electron chi connectivity index (χ1n) is 10.9. The highest BCUT2D eigenvalue weighted by molar-refractivity contribution is 7.99. The van der Waals surface area contributed by atoms with Crippen molar-refractivity contribution in [3.63, 3.8) is 0 Å². The summed E-state index contributed by atoms with van der Waals surface area (Å²) in [5.74, 6) is 3.68. The molecule has 4 aliphatic carbocycles. The smallest absolute Gasteiger partial charge is 0.277 e. The van der Waals surface area contributed by atoms with Crippen LogP contribution in [-0.4, -0.2) is 27.9 Å². The zero-order valence-corrected chi connectivity index (χ0v) is 17.8. The molecule has 1 aromatic carbocycles. The fourth-order valence-corrected chi connectivity index (χ4v) is 7.00. The molecule has 4 bridgehead atoms. The molecule has 0 unspecified atom stereocenters. The number of thioether (sulfide) groups is 1. The zero-order chi connectivity index (χ0) is 19.8. The van der Waals surface area contributed by atoms with Gasteiger partial charge in [-0.3, -0.25) is 4.79 Å². The number of carbonyl (C=O) groups excluding carboxylic acids is 1. The zero-order valence-electron chi connectivity index (χ0n) is 17.0. The number of rotatable bonds is 7. The molecule has 4 saturated carbocycles. The summed E-state index contributed by atoms with van der Waals surface area (Å²) >= 11 is 1.33. The third kappa shape index (κ3) is 4.09. The molecule has 4 fully saturated rings. The highest BCUT2D eigenvalue weighted by Gasteiger charge is 2.53. The molecule has 6 rings (SSSR count). The minimum Gasteiger partial charge on any atom is -0.416 e. The van der Waals surface area contributed by atoms with Crippen molar-refractivity contribution in [2.45, 2.75) is 63.1 Å². The van der Waals surface area contributed by atoms with E-state index in [1.807, 2.05) is 30.3 Å². The maximum atomic E-state index is 12.6. The standard InChI is InChI=1S/C23H29N3O2S/c1-15(23-11-17-7-18(12-23)9-19(8-17)13-23)24-20(27)14-29-22-26-25-21(28-22)10-16-5-3-2-4-6-16/h2-6,15,17-19H,7-14H2,1H3,(H,24,27)/t15-,17?,18?,19?,23?/m0/s1. The van der Waals surface area contributed by atoms with Crippen molar-refractivity contribution in [2.24, 2.45) is 23.2 Å². The minimum absolute atomic E-state index is 0.0704. The Bertz CT molecular complexity index is 831. The quantitative estimate of drug-likeness (QED) is 0.681. The Hall–Kier alpha value is -1.82. The number of aromatic nitrogens is 2. The lowest BCUT2D eigenvalue weighted by Gasteiger charge is -2.59. The van der Waals surface area contributed by atoms with Crippen LogP contribution >= 0.6 is 11.8 Å². The normalized spacial score (nSPS) is 31.0. The Balaban J connectivity index is 1.13. The molecule has 1 N–H and O–H groups in total. The molecule has 5 nitrogen and oxygen atoms in total. The molecule has 1 atom stereocenters. The van der Waals surface area contributed by atoms with Crippen molar-refractivity contribution in [1.29, 1.82) is 0 Å². The van der Waals surface area contributed by atoms with E-state index in [2.05, 4.69) is 22.4 Å². The lowest BCUT2D eigenvalue weighted by Crippen LogP contribution is -2.56. The summed E-state index contributed by atoms with van der Waals surface area (Å²) in [6.45, 7) is 2.22. The fourth-order valence-electron chi connectivity index (χ4n) is 6.41. The first-order valence-corrected chi connectivity index (χ1v) is 11.8. The van der Waals surface area contributed by atoms with E-state index in [1.54, 1.807) is 0 Å². The molecule has 29 heavy (non-hydrogen) atoms. The second-order valence-electron chi connectivity index (χ2n) is 9.48. The molecular formula is C23H29N3O2S. The Labute approximate surface area is 176 Å². The number of amides is 1. The van der Waals surface area contributed by atoms with Crippen molar-refractivity contribution < 1.29 is 9.21 Å². The second-order valence-corrected chi connectivity index (χ2v) is 10.4. The van der Waals surface area contributed by atoms with Crippen molar-refractivity contribution in [3.05, 3.63) is 41.8 Å². The highest BCUT2D eigenvalue weighted by atomic mass is 32.2. The Morgan fingerprint density at radius 2 is 1.79 bits per heavy atom. The minimum atomic E-state index is 0.0704. The lowest BCUT2D eigenvalue weighted by molar-refractivity contribution is -0.123. The Morgan fingerprint density at radius 3 is 2.45 bits per heavy atom. The van der Waals surface area contributed by atoms with Gasteiger partial charge in [-0.15, -0.1) is 10.2 Å². The number of benzene rings is 1. The van der Waals surface area contributed by atoms with E-state index in [-0.39, 0.29) is 11.9 Å². The summed E-state index contributed by atoms with van der Waals surface area (Å²) in [5, 5.41) is 12.0. The predicted molar refractivity (Wildman–Crippen MR) is 112 cm³/mol. The van der Waals surface area contributed by atoms with Crippen LogP contribution in [0.15, 0.2) is 40.0 Å². The number of hydrogen-bond acceptors (Lipinski definition) is 5. The monoisotopic (exact) mass is 411 g/mol. The fraction of sp³-hybridized carbons (Fsp3) is 0.609. The largest absolute Gasteiger partial charge is 0.416 e. The van der Waals surface area contributed by atoms with Gasteiger partial charge >= 0.3 is 0 Å². The van der Waals surface area contributed by atoms with Crippen LogP contribution < -0.4 is 5.32 Å². The van der Waals surface area contributed by atoms with Gasteiger partial charge < -0.3 is 9.73 Å². The van der Waals surface area contributed by atoms with Gasteiger partial charge in [0, 0.05) is 6.04 Å². The van der Waals surface area contributed by atoms with Gasteiger partial charge in [0.2, 0.25) is 11.8 Å². The summed E-state index contributed by atoms with van der Waals surface area (Å²) in [4.78, 5) is 12.6. The van der Waals surface area contributed by atoms with E-state index in [9.17, 15) is 4.79 Å². The van der Waals surface area contributed by atoms with E-state index >= 15 is 0 Å². The van der Waals surface area contributed by atoms with Crippen molar-refractivity contribution >= 4 is 17.7 Å². The van der Waals surface area contributed by atoms with Crippen molar-refractivity contribution in [2.75, 3.05) is 5.75 Å². The third-order valence-corrected chi connectivity index (χ3v) is 8.17. The van der Waals surface area contributed by atoms with Crippen LogP contribution in [0.1, 0.15) is 56.9 Å². The number of carbonyl (C=O) groups is 1. The van der Waals surface area contributed by atoms with Gasteiger partial charge in [0.05, 0.1) is 12.2 Å². The van der Waals surface area contributed by atoms with E-state index < -0.39 is 0 Å². The van der Waals surface area contributed by atoms with E-state index in [1.165, 1.54) is 50.3 Å². The van der Waals surface area contributed by atoms with Crippen LogP contribution in [0.25, 0.3) is 0 Å². The molecule has 0 radical (unpaired) electrons. The molecular weight excluding hydrogens is 382 g/mol. The highest BCUT2D eigenvalue weighted by Crippen LogP contribution is 2.61. The number of hydrogen-bond donors (Lipinski definition) is 1. The van der Waals surface area contributed by atoms with Crippen molar-refractivity contribution in [1.82, 2.24) is 15.5 Å². The molecule has 1 amide bonds. The number of nitrogens with zero attached hydrogens (tertiary/aromatic N) is 2. The van der Waals surface area contributed by atoms with Gasteiger partial charge in [-0.2, -0.15) is 0 Å². The maximum Gasteiger partial charge on any atom is 0.277 e.